The Morgan fingerprint density at radius 3 is 2.60 bits per heavy atom. The molecule has 0 bridgehead atoms. The van der Waals surface area contributed by atoms with Crippen LogP contribution in [0.4, 0.5) is 13.2 Å². The summed E-state index contributed by atoms with van der Waals surface area (Å²) in [6.45, 7) is 0. The van der Waals surface area contributed by atoms with Gasteiger partial charge in [0.1, 0.15) is 11.5 Å². The van der Waals surface area contributed by atoms with E-state index in [0.717, 1.165) is 0 Å². The molecule has 0 unspecified atom stereocenters. The molecule has 0 saturated heterocycles. The molecule has 2 rings (SSSR count). The largest absolute Gasteiger partial charge is 0.465 e. The first-order valence-electron chi connectivity index (χ1n) is 5.33. The molecule has 4 nitrogen and oxygen atoms in total. The summed E-state index contributed by atoms with van der Waals surface area (Å²) in [5.74, 6) is -0.618. The number of esters is 1. The molecule has 0 aliphatic carbocycles. The number of carbonyl (C=O) groups excluding carboxylic acids is 1. The van der Waals surface area contributed by atoms with E-state index < -0.39 is 17.8 Å². The molecule has 0 radical (unpaired) electrons. The summed E-state index contributed by atoms with van der Waals surface area (Å²) in [5, 5.41) is 0.0688. The highest BCUT2D eigenvalue weighted by Gasteiger charge is 2.33. The summed E-state index contributed by atoms with van der Waals surface area (Å²) in [6, 6.07) is 4.13. The first kappa shape index (κ1) is 14.4. The van der Waals surface area contributed by atoms with Crippen molar-refractivity contribution in [1.82, 2.24) is 9.97 Å². The van der Waals surface area contributed by atoms with Crippen LogP contribution in [0.15, 0.2) is 24.4 Å². The first-order chi connectivity index (χ1) is 9.32. The molecule has 0 atom stereocenters. The van der Waals surface area contributed by atoms with Gasteiger partial charge < -0.3 is 9.72 Å². The smallest absolute Gasteiger partial charge is 0.432 e. The Labute approximate surface area is 116 Å². The number of hydrogen-bond acceptors (Lipinski definition) is 3. The van der Waals surface area contributed by atoms with Crippen LogP contribution in [0.5, 0.6) is 0 Å². The van der Waals surface area contributed by atoms with Crippen molar-refractivity contribution in [3.05, 3.63) is 40.7 Å². The second-order valence-electron chi connectivity index (χ2n) is 3.83. The van der Waals surface area contributed by atoms with Crippen LogP contribution in [-0.4, -0.2) is 23.0 Å². The molecule has 1 heterocycles. The van der Waals surface area contributed by atoms with E-state index >= 15 is 0 Å². The predicted molar refractivity (Wildman–Crippen MR) is 65.4 cm³/mol. The number of ether oxygens (including phenoxy) is 1. The van der Waals surface area contributed by atoms with Gasteiger partial charge in [0.25, 0.3) is 0 Å². The second-order valence-corrected chi connectivity index (χ2v) is 4.24. The van der Waals surface area contributed by atoms with Crippen LogP contribution in [0.2, 0.25) is 5.02 Å². The van der Waals surface area contributed by atoms with Crippen LogP contribution in [0, 0.1) is 0 Å². The summed E-state index contributed by atoms with van der Waals surface area (Å²) < 4.78 is 41.9. The fourth-order valence-corrected chi connectivity index (χ4v) is 1.81. The average Bonchev–Trinajstić information content (AvgIpc) is 2.87. The summed E-state index contributed by atoms with van der Waals surface area (Å²) in [6.07, 6.45) is -3.81. The van der Waals surface area contributed by atoms with Crippen molar-refractivity contribution in [2.45, 2.75) is 6.18 Å². The Morgan fingerprint density at radius 2 is 2.10 bits per heavy atom. The number of halogens is 4. The van der Waals surface area contributed by atoms with Crippen LogP contribution in [0.1, 0.15) is 16.1 Å². The highest BCUT2D eigenvalue weighted by molar-refractivity contribution is 6.33. The lowest BCUT2D eigenvalue weighted by atomic mass is 10.1. The number of alkyl halides is 3. The van der Waals surface area contributed by atoms with Crippen molar-refractivity contribution in [3.63, 3.8) is 0 Å². The number of H-pyrrole nitrogens is 1. The Hall–Kier alpha value is -2.02. The normalized spacial score (nSPS) is 11.4. The third-order valence-electron chi connectivity index (χ3n) is 2.53. The molecule has 8 heteroatoms. The zero-order valence-electron chi connectivity index (χ0n) is 10.1. The van der Waals surface area contributed by atoms with E-state index in [9.17, 15) is 18.0 Å². The molecule has 0 spiro atoms. The monoisotopic (exact) mass is 304 g/mol. The zero-order valence-corrected chi connectivity index (χ0v) is 10.8. The summed E-state index contributed by atoms with van der Waals surface area (Å²) in [4.78, 5) is 17.1. The number of aromatic nitrogens is 2. The molecule has 1 aromatic carbocycles. The number of nitrogens with zero attached hydrogens (tertiary/aromatic N) is 1. The minimum absolute atomic E-state index is 0.00985. The SMILES string of the molecule is COC(=O)c1ccc(-c2ncc(C(F)(F)F)[nH]2)cc1Cl. The second kappa shape index (κ2) is 5.16. The van der Waals surface area contributed by atoms with Gasteiger partial charge in [0.2, 0.25) is 0 Å². The molecule has 0 aliphatic rings. The molecule has 0 fully saturated rings. The highest BCUT2D eigenvalue weighted by Crippen LogP contribution is 2.30. The van der Waals surface area contributed by atoms with E-state index in [2.05, 4.69) is 14.7 Å². The van der Waals surface area contributed by atoms with Crippen molar-refractivity contribution in [2.24, 2.45) is 0 Å². The molecule has 1 aromatic heterocycles. The van der Waals surface area contributed by atoms with E-state index in [1.54, 1.807) is 0 Å². The fourth-order valence-electron chi connectivity index (χ4n) is 1.55. The molecule has 2 aromatic rings. The van der Waals surface area contributed by atoms with Crippen molar-refractivity contribution < 1.29 is 22.7 Å². The number of nitrogens with one attached hydrogen (secondary N) is 1. The van der Waals surface area contributed by atoms with E-state index in [0.29, 0.717) is 11.8 Å². The van der Waals surface area contributed by atoms with Gasteiger partial charge in [-0.1, -0.05) is 17.7 Å². The van der Waals surface area contributed by atoms with E-state index in [-0.39, 0.29) is 16.4 Å². The van der Waals surface area contributed by atoms with Gasteiger partial charge in [0, 0.05) is 5.56 Å². The quantitative estimate of drug-likeness (QED) is 0.863. The molecular formula is C12H8ClF3N2O2. The lowest BCUT2D eigenvalue weighted by molar-refractivity contribution is -0.140. The minimum atomic E-state index is -4.50. The van der Waals surface area contributed by atoms with Gasteiger partial charge >= 0.3 is 12.1 Å². The van der Waals surface area contributed by atoms with E-state index in [1.807, 2.05) is 0 Å². The van der Waals surface area contributed by atoms with Crippen molar-refractivity contribution >= 4 is 17.6 Å². The Bertz CT molecular complexity index is 652. The molecule has 106 valence electrons. The summed E-state index contributed by atoms with van der Waals surface area (Å²) in [7, 11) is 1.20. The van der Waals surface area contributed by atoms with Gasteiger partial charge in [-0.05, 0) is 12.1 Å². The van der Waals surface area contributed by atoms with Gasteiger partial charge in [-0.15, -0.1) is 0 Å². The van der Waals surface area contributed by atoms with Crippen LogP contribution >= 0.6 is 11.6 Å². The number of benzene rings is 1. The van der Waals surface area contributed by atoms with Gasteiger partial charge in [-0.3, -0.25) is 0 Å². The Balaban J connectivity index is 2.37. The van der Waals surface area contributed by atoms with E-state index in [1.165, 1.54) is 25.3 Å². The van der Waals surface area contributed by atoms with Gasteiger partial charge in [0.15, 0.2) is 0 Å². The van der Waals surface area contributed by atoms with E-state index in [4.69, 9.17) is 11.6 Å². The third kappa shape index (κ3) is 2.77. The average molecular weight is 305 g/mol. The Morgan fingerprint density at radius 1 is 1.40 bits per heavy atom. The summed E-state index contributed by atoms with van der Waals surface area (Å²) in [5.41, 5.74) is -0.501. The van der Waals surface area contributed by atoms with Crippen molar-refractivity contribution in [3.8, 4) is 11.4 Å². The van der Waals surface area contributed by atoms with Crippen LogP contribution in [0.3, 0.4) is 0 Å². The number of hydrogen-bond donors (Lipinski definition) is 1. The van der Waals surface area contributed by atoms with Crippen LogP contribution < -0.4 is 0 Å². The topological polar surface area (TPSA) is 55.0 Å². The maximum absolute atomic E-state index is 12.5. The maximum atomic E-state index is 12.5. The van der Waals surface area contributed by atoms with Gasteiger partial charge in [-0.2, -0.15) is 13.2 Å². The number of aromatic amines is 1. The standard InChI is InChI=1S/C12H8ClF3N2O2/c1-20-11(19)7-3-2-6(4-8(7)13)10-17-5-9(18-10)12(14,15)16/h2-5H,1H3,(H,17,18). The molecule has 0 saturated carbocycles. The first-order valence-corrected chi connectivity index (χ1v) is 5.71. The number of methoxy groups -OCH3 is 1. The number of imidazole rings is 1. The lowest BCUT2D eigenvalue weighted by Crippen LogP contribution is -2.05. The zero-order chi connectivity index (χ0) is 14.9. The molecule has 1 N–H and O–H groups in total. The minimum Gasteiger partial charge on any atom is -0.465 e. The van der Waals surface area contributed by atoms with Crippen LogP contribution in [0.25, 0.3) is 11.4 Å². The number of rotatable bonds is 2. The van der Waals surface area contributed by atoms with Crippen molar-refractivity contribution in [2.75, 3.05) is 7.11 Å². The molecule has 0 aliphatic heterocycles. The van der Waals surface area contributed by atoms with Crippen LogP contribution in [-0.2, 0) is 10.9 Å². The Kier molecular flexibility index (Phi) is 3.71. The summed E-state index contributed by atoms with van der Waals surface area (Å²) >= 11 is 5.88. The van der Waals surface area contributed by atoms with Gasteiger partial charge in [-0.25, -0.2) is 9.78 Å². The fraction of sp³-hybridized carbons (Fsp3) is 0.167. The van der Waals surface area contributed by atoms with Crippen molar-refractivity contribution in [1.29, 1.82) is 0 Å². The third-order valence-corrected chi connectivity index (χ3v) is 2.84. The number of carbonyl (C=O) groups is 1. The predicted octanol–water partition coefficient (Wildman–Crippen LogP) is 3.54. The molecule has 20 heavy (non-hydrogen) atoms. The molecule has 0 amide bonds. The van der Waals surface area contributed by atoms with Gasteiger partial charge in [0.05, 0.1) is 23.9 Å². The highest BCUT2D eigenvalue weighted by atomic mass is 35.5. The molecular weight excluding hydrogens is 297 g/mol. The maximum Gasteiger partial charge on any atom is 0.432 e. The lowest BCUT2D eigenvalue weighted by Gasteiger charge is -2.04.